The molecular formula is C38H66N18O7S. The molecule has 26 heteroatoms. The summed E-state index contributed by atoms with van der Waals surface area (Å²) >= 11 is 0.750. The molecule has 64 heavy (non-hydrogen) atoms. The number of thioether (sulfide) groups is 1. The number of allylic oxidation sites excluding steroid dienone is 1. The molecule has 1 rings (SSSR count). The van der Waals surface area contributed by atoms with Gasteiger partial charge >= 0.3 is 0 Å². The van der Waals surface area contributed by atoms with Crippen molar-refractivity contribution in [2.45, 2.75) is 64.5 Å². The summed E-state index contributed by atoms with van der Waals surface area (Å²) in [5, 5.41) is 11.8. The van der Waals surface area contributed by atoms with E-state index < -0.39 is 54.7 Å². The van der Waals surface area contributed by atoms with Crippen molar-refractivity contribution >= 4 is 88.8 Å². The Bertz CT molecular complexity index is 1780. The average Bonchev–Trinajstić information content (AvgIpc) is 3.24. The van der Waals surface area contributed by atoms with Crippen molar-refractivity contribution in [1.82, 2.24) is 26.6 Å². The molecule has 0 fully saturated rings. The molecule has 2 atom stereocenters. The van der Waals surface area contributed by atoms with E-state index in [4.69, 9.17) is 51.6 Å². The van der Waals surface area contributed by atoms with Gasteiger partial charge in [-0.1, -0.05) is 38.1 Å². The molecule has 0 heterocycles. The molecule has 1 aromatic carbocycles. The highest BCUT2D eigenvalue weighted by molar-refractivity contribution is 8.17. The van der Waals surface area contributed by atoms with E-state index >= 15 is 0 Å². The lowest BCUT2D eigenvalue weighted by molar-refractivity contribution is -0.131. The number of nitrogens with two attached hydrogens (primary N) is 9. The van der Waals surface area contributed by atoms with E-state index in [0.717, 1.165) is 37.7 Å². The maximum Gasteiger partial charge on any atom is 0.283 e. The van der Waals surface area contributed by atoms with Crippen molar-refractivity contribution in [3.63, 3.8) is 0 Å². The van der Waals surface area contributed by atoms with E-state index in [9.17, 15) is 33.6 Å². The SMILES string of the molecule is CCCN=C(N)N.CCCN=C(N)N.CNC(=O)S/C(C=O)=C\c1ccc(/C=C/C(=O)NC(CCCN=C(N)N)C(=O)NCC(=O)NC(CCCN=C(N)N)C(=O)NCC(N)=O)cc1. The van der Waals surface area contributed by atoms with Crippen LogP contribution in [0, 0.1) is 0 Å². The molecule has 6 amide bonds. The average molecular weight is 919 g/mol. The predicted molar refractivity (Wildman–Crippen MR) is 252 cm³/mol. The minimum absolute atomic E-state index is 0.104. The number of benzene rings is 1. The van der Waals surface area contributed by atoms with Crippen LogP contribution in [-0.2, 0) is 28.8 Å². The molecule has 0 aliphatic carbocycles. The lowest BCUT2D eigenvalue weighted by Crippen LogP contribution is -2.52. The number of aldehydes is 1. The molecule has 0 bridgehead atoms. The minimum atomic E-state index is -1.09. The van der Waals surface area contributed by atoms with Gasteiger partial charge in [-0.25, -0.2) is 0 Å². The maximum atomic E-state index is 13.1. The lowest BCUT2D eigenvalue weighted by atomic mass is 10.1. The zero-order valence-corrected chi connectivity index (χ0v) is 37.3. The standard InChI is InChI=1S/C30H44N12O7S.2C4H11N3/c1-36-30(49)50-20(17-43)14-19-8-6-18(7-9-19)10-11-24(45)41-21(4-2-12-37-28(32)33)27(48)40-16-25(46)42-22(5-3-13-38-29(34)35)26(47)39-15-23(31)44;2*1-2-3-7-4(5)6/h6-11,14,17,21-22H,2-5,12-13,15-16H2,1H3,(H2,31,44)(H,36,49)(H,39,47)(H,40,48)(H,41,45)(H,42,46)(H4,32,33,37)(H4,34,35,38);2*2-3H2,1H3,(H4,5,6,7)/b11-10+,20-14-;;. The van der Waals surface area contributed by atoms with Gasteiger partial charge in [0.1, 0.15) is 12.1 Å². The summed E-state index contributed by atoms with van der Waals surface area (Å²) in [6.07, 6.45) is 7.64. The molecule has 23 N–H and O–H groups in total. The molecule has 0 aliphatic rings. The summed E-state index contributed by atoms with van der Waals surface area (Å²) in [5.41, 5.74) is 47.7. The summed E-state index contributed by atoms with van der Waals surface area (Å²) in [6, 6.07) is 4.56. The number of primary amides is 1. The Morgan fingerprint density at radius 2 is 1.08 bits per heavy atom. The van der Waals surface area contributed by atoms with Crippen LogP contribution < -0.4 is 78.2 Å². The Labute approximate surface area is 376 Å². The van der Waals surface area contributed by atoms with Crippen molar-refractivity contribution in [1.29, 1.82) is 0 Å². The van der Waals surface area contributed by atoms with E-state index in [1.807, 2.05) is 13.8 Å². The number of hydrogen-bond acceptors (Lipinski definition) is 12. The highest BCUT2D eigenvalue weighted by atomic mass is 32.2. The number of rotatable bonds is 25. The number of guanidine groups is 4. The first-order chi connectivity index (χ1) is 30.3. The van der Waals surface area contributed by atoms with Gasteiger partial charge < -0.3 is 78.2 Å². The third kappa shape index (κ3) is 34.3. The van der Waals surface area contributed by atoms with E-state index in [0.29, 0.717) is 30.3 Å². The molecule has 0 aliphatic heterocycles. The van der Waals surface area contributed by atoms with Gasteiger partial charge in [-0.2, -0.15) is 0 Å². The molecule has 1 aromatic rings. The molecular weight excluding hydrogens is 853 g/mol. The molecule has 356 valence electrons. The third-order valence-corrected chi connectivity index (χ3v) is 8.11. The number of nitrogens with zero attached hydrogens (tertiary/aromatic N) is 4. The summed E-state index contributed by atoms with van der Waals surface area (Å²) in [6.45, 7) is 4.87. The van der Waals surface area contributed by atoms with Crippen LogP contribution in [0.25, 0.3) is 12.2 Å². The fraction of sp³-hybridized carbons (Fsp3) is 0.447. The Hall–Kier alpha value is -7.38. The van der Waals surface area contributed by atoms with Crippen LogP contribution in [0.4, 0.5) is 4.79 Å². The number of carbonyl (C=O) groups is 7. The first-order valence-electron chi connectivity index (χ1n) is 19.8. The quantitative estimate of drug-likeness (QED) is 0.0148. The van der Waals surface area contributed by atoms with Crippen LogP contribution in [0.1, 0.15) is 63.5 Å². The second kappa shape index (κ2) is 36.3. The number of amides is 6. The van der Waals surface area contributed by atoms with Gasteiger partial charge in [0, 0.05) is 39.3 Å². The van der Waals surface area contributed by atoms with Gasteiger partial charge in [0.15, 0.2) is 30.1 Å². The normalized spacial score (nSPS) is 11.2. The van der Waals surface area contributed by atoms with Crippen LogP contribution in [0.2, 0.25) is 0 Å². The Morgan fingerprint density at radius 1 is 0.641 bits per heavy atom. The van der Waals surface area contributed by atoms with Crippen LogP contribution in [-0.4, -0.2) is 123 Å². The van der Waals surface area contributed by atoms with Crippen molar-refractivity contribution in [2.24, 2.45) is 71.6 Å². The molecule has 2 unspecified atom stereocenters. The first-order valence-corrected chi connectivity index (χ1v) is 20.6. The second-order valence-electron chi connectivity index (χ2n) is 12.9. The monoisotopic (exact) mass is 919 g/mol. The topological polar surface area (TPSA) is 463 Å². The molecule has 25 nitrogen and oxygen atoms in total. The lowest BCUT2D eigenvalue weighted by Gasteiger charge is -2.20. The van der Waals surface area contributed by atoms with Gasteiger partial charge in [0.05, 0.1) is 18.0 Å². The Balaban J connectivity index is 0. The highest BCUT2D eigenvalue weighted by Crippen LogP contribution is 2.18. The van der Waals surface area contributed by atoms with E-state index in [1.54, 1.807) is 24.3 Å². The van der Waals surface area contributed by atoms with Crippen LogP contribution >= 0.6 is 11.8 Å². The molecule has 0 saturated carbocycles. The number of hydrogen-bond donors (Lipinski definition) is 14. The van der Waals surface area contributed by atoms with Gasteiger partial charge in [-0.3, -0.25) is 53.5 Å². The molecule has 0 radical (unpaired) electrons. The zero-order valence-electron chi connectivity index (χ0n) is 36.5. The van der Waals surface area contributed by atoms with Crippen LogP contribution in [0.5, 0.6) is 0 Å². The van der Waals surface area contributed by atoms with Gasteiger partial charge in [-0.05, 0) is 73.6 Å². The van der Waals surface area contributed by atoms with E-state index in [1.165, 1.54) is 25.3 Å². The third-order valence-electron chi connectivity index (χ3n) is 7.27. The number of nitrogens with one attached hydrogen (secondary N) is 5. The summed E-state index contributed by atoms with van der Waals surface area (Å²) in [5.74, 6) is -3.41. The first kappa shape index (κ1) is 58.7. The van der Waals surface area contributed by atoms with E-state index in [-0.39, 0.29) is 59.9 Å². The largest absolute Gasteiger partial charge is 0.370 e. The Morgan fingerprint density at radius 3 is 1.48 bits per heavy atom. The smallest absolute Gasteiger partial charge is 0.283 e. The number of carbonyl (C=O) groups excluding carboxylic acids is 7. The van der Waals surface area contributed by atoms with Gasteiger partial charge in [0.25, 0.3) is 5.24 Å². The van der Waals surface area contributed by atoms with Crippen molar-refractivity contribution in [3.05, 3.63) is 46.4 Å². The second-order valence-corrected chi connectivity index (χ2v) is 13.9. The maximum absolute atomic E-state index is 13.1. The Kier molecular flexibility index (Phi) is 33.3. The fourth-order valence-corrected chi connectivity index (χ4v) is 4.92. The fourth-order valence-electron chi connectivity index (χ4n) is 4.36. The molecule has 0 saturated heterocycles. The molecule has 0 spiro atoms. The predicted octanol–water partition coefficient (Wildman–Crippen LogP) is -3.55. The summed E-state index contributed by atoms with van der Waals surface area (Å²) in [7, 11) is 1.45. The summed E-state index contributed by atoms with van der Waals surface area (Å²) in [4.78, 5) is 100. The van der Waals surface area contributed by atoms with E-state index in [2.05, 4.69) is 46.6 Å². The zero-order chi connectivity index (χ0) is 48.9. The number of aliphatic imine (C=N–C) groups is 4. The van der Waals surface area contributed by atoms with Crippen molar-refractivity contribution in [2.75, 3.05) is 46.3 Å². The highest BCUT2D eigenvalue weighted by Gasteiger charge is 2.23. The van der Waals surface area contributed by atoms with Crippen LogP contribution in [0.3, 0.4) is 0 Å². The molecule has 0 aromatic heterocycles. The minimum Gasteiger partial charge on any atom is -0.370 e. The van der Waals surface area contributed by atoms with Crippen molar-refractivity contribution < 1.29 is 33.6 Å². The van der Waals surface area contributed by atoms with Crippen LogP contribution in [0.15, 0.2) is 55.2 Å². The van der Waals surface area contributed by atoms with Gasteiger partial charge in [0.2, 0.25) is 29.5 Å². The summed E-state index contributed by atoms with van der Waals surface area (Å²) < 4.78 is 0. The van der Waals surface area contributed by atoms with Crippen molar-refractivity contribution in [3.8, 4) is 0 Å². The van der Waals surface area contributed by atoms with Gasteiger partial charge in [-0.15, -0.1) is 0 Å².